The van der Waals surface area contributed by atoms with Gasteiger partial charge in [-0.25, -0.2) is 9.97 Å². The fourth-order valence-electron chi connectivity index (χ4n) is 1.84. The number of nitrogens with zero attached hydrogens (tertiary/aromatic N) is 2. The van der Waals surface area contributed by atoms with Crippen molar-refractivity contribution in [3.63, 3.8) is 0 Å². The van der Waals surface area contributed by atoms with Gasteiger partial charge in [0, 0.05) is 16.6 Å². The number of nitrogens with two attached hydrogens (primary N) is 1. The highest BCUT2D eigenvalue weighted by Gasteiger charge is 2.15. The van der Waals surface area contributed by atoms with Crippen molar-refractivity contribution in [3.05, 3.63) is 46.7 Å². The molecule has 0 saturated heterocycles. The van der Waals surface area contributed by atoms with Crippen molar-refractivity contribution >= 4 is 44.7 Å². The summed E-state index contributed by atoms with van der Waals surface area (Å²) in [5.41, 5.74) is 1.45. The maximum atomic E-state index is 12.4. The molecule has 6 nitrogen and oxygen atoms in total. The van der Waals surface area contributed by atoms with E-state index in [9.17, 15) is 4.79 Å². The number of amides is 1. The number of anilines is 1. The summed E-state index contributed by atoms with van der Waals surface area (Å²) in [5.74, 6) is 5.17. The molecule has 0 aliphatic carbocycles. The average Bonchev–Trinajstić information content (AvgIpc) is 2.91. The zero-order valence-corrected chi connectivity index (χ0v) is 12.1. The number of fused-ring (bicyclic) bond motifs is 1. The van der Waals surface area contributed by atoms with Crippen molar-refractivity contribution in [1.29, 1.82) is 0 Å². The van der Waals surface area contributed by atoms with Gasteiger partial charge in [-0.05, 0) is 18.2 Å². The number of rotatable bonds is 3. The van der Waals surface area contributed by atoms with Crippen LogP contribution in [0.5, 0.6) is 5.75 Å². The van der Waals surface area contributed by atoms with Crippen LogP contribution < -0.4 is 16.1 Å². The van der Waals surface area contributed by atoms with Crippen molar-refractivity contribution in [3.8, 4) is 5.75 Å². The van der Waals surface area contributed by atoms with Crippen LogP contribution in [0.25, 0.3) is 10.2 Å². The lowest BCUT2D eigenvalue weighted by atomic mass is 10.2. The van der Waals surface area contributed by atoms with Gasteiger partial charge in [0.15, 0.2) is 5.75 Å². The summed E-state index contributed by atoms with van der Waals surface area (Å²) in [4.78, 5) is 25.1. The van der Waals surface area contributed by atoms with E-state index in [2.05, 4.69) is 15.3 Å². The average molecular weight is 321 g/mol. The van der Waals surface area contributed by atoms with Gasteiger partial charge in [-0.3, -0.25) is 4.79 Å². The van der Waals surface area contributed by atoms with Crippen LogP contribution in [0.15, 0.2) is 36.1 Å². The maximum Gasteiger partial charge on any atom is 0.258 e. The van der Waals surface area contributed by atoms with Crippen molar-refractivity contribution in [1.82, 2.24) is 9.97 Å². The number of halogens is 1. The van der Waals surface area contributed by atoms with Gasteiger partial charge in [-0.1, -0.05) is 11.6 Å². The van der Waals surface area contributed by atoms with Crippen LogP contribution in [0.2, 0.25) is 5.02 Å². The minimum absolute atomic E-state index is 0.319. The Bertz CT molecular complexity index is 821. The molecule has 0 saturated carbocycles. The lowest BCUT2D eigenvalue weighted by Gasteiger charge is -2.09. The van der Waals surface area contributed by atoms with Crippen molar-refractivity contribution < 1.29 is 9.63 Å². The second-order valence-electron chi connectivity index (χ2n) is 4.10. The zero-order valence-electron chi connectivity index (χ0n) is 10.5. The first-order valence-corrected chi connectivity index (χ1v) is 7.09. The molecule has 2 heterocycles. The highest BCUT2D eigenvalue weighted by molar-refractivity contribution is 7.17. The van der Waals surface area contributed by atoms with Crippen LogP contribution in [0, 0.1) is 0 Å². The van der Waals surface area contributed by atoms with E-state index in [0.29, 0.717) is 27.5 Å². The van der Waals surface area contributed by atoms with Gasteiger partial charge in [-0.2, -0.15) is 5.90 Å². The van der Waals surface area contributed by atoms with E-state index in [0.717, 1.165) is 4.70 Å². The summed E-state index contributed by atoms with van der Waals surface area (Å²) >= 11 is 7.31. The minimum atomic E-state index is -0.319. The van der Waals surface area contributed by atoms with Gasteiger partial charge in [0.05, 0.1) is 21.5 Å². The normalized spacial score (nSPS) is 10.6. The second kappa shape index (κ2) is 5.65. The van der Waals surface area contributed by atoms with Crippen LogP contribution in [0.4, 0.5) is 5.69 Å². The van der Waals surface area contributed by atoms with E-state index in [1.165, 1.54) is 17.7 Å². The number of nitrogens with one attached hydrogen (secondary N) is 1. The molecule has 0 bridgehead atoms. The lowest BCUT2D eigenvalue weighted by Crippen LogP contribution is -2.14. The highest BCUT2D eigenvalue weighted by Crippen LogP contribution is 2.29. The summed E-state index contributed by atoms with van der Waals surface area (Å²) in [5, 5.41) is 4.90. The molecule has 0 fully saturated rings. The van der Waals surface area contributed by atoms with Crippen LogP contribution in [0.1, 0.15) is 10.4 Å². The molecule has 0 radical (unpaired) electrons. The van der Waals surface area contributed by atoms with E-state index in [1.54, 1.807) is 29.8 Å². The van der Waals surface area contributed by atoms with Crippen LogP contribution in [-0.4, -0.2) is 15.9 Å². The fraction of sp³-hybridized carbons (Fsp3) is 0. The van der Waals surface area contributed by atoms with E-state index >= 15 is 0 Å². The lowest BCUT2D eigenvalue weighted by molar-refractivity contribution is 0.102. The third kappa shape index (κ3) is 2.66. The summed E-state index contributed by atoms with van der Waals surface area (Å²) in [6.07, 6.45) is 3.07. The number of carbonyl (C=O) groups excluding carboxylic acids is 1. The van der Waals surface area contributed by atoms with E-state index in [4.69, 9.17) is 22.3 Å². The first-order chi connectivity index (χ1) is 10.2. The Morgan fingerprint density at radius 2 is 2.29 bits per heavy atom. The zero-order chi connectivity index (χ0) is 14.8. The number of carbonyl (C=O) groups is 1. The molecule has 2 aromatic heterocycles. The molecule has 3 aromatic rings. The summed E-state index contributed by atoms with van der Waals surface area (Å²) in [6.45, 7) is 0. The van der Waals surface area contributed by atoms with Gasteiger partial charge >= 0.3 is 0 Å². The van der Waals surface area contributed by atoms with Crippen LogP contribution in [-0.2, 0) is 0 Å². The number of thiophene rings is 1. The van der Waals surface area contributed by atoms with Crippen molar-refractivity contribution in [2.75, 3.05) is 5.32 Å². The smallest absolute Gasteiger partial charge is 0.258 e. The molecule has 106 valence electrons. The van der Waals surface area contributed by atoms with Gasteiger partial charge in [0.25, 0.3) is 5.91 Å². The van der Waals surface area contributed by atoms with E-state index < -0.39 is 0 Å². The third-order valence-corrected chi connectivity index (χ3v) is 3.94. The topological polar surface area (TPSA) is 90.1 Å². The molecular formula is C13H9ClN4O2S. The number of hydrogen-bond donors (Lipinski definition) is 2. The molecular weight excluding hydrogens is 312 g/mol. The standard InChI is InChI=1S/C13H9ClN4O2S/c14-7-1-2-10(20-15)9(3-7)18-13(19)8-5-21-11-4-16-6-17-12(8)11/h1-6H,15H2,(H,18,19). The predicted molar refractivity (Wildman–Crippen MR) is 81.6 cm³/mol. The molecule has 3 rings (SSSR count). The SMILES string of the molecule is NOc1ccc(Cl)cc1NC(=O)c1csc2cncnc12. The monoisotopic (exact) mass is 320 g/mol. The van der Waals surface area contributed by atoms with Gasteiger partial charge in [0.1, 0.15) is 6.33 Å². The summed E-state index contributed by atoms with van der Waals surface area (Å²) < 4.78 is 0.837. The van der Waals surface area contributed by atoms with E-state index in [1.807, 2.05) is 0 Å². The Kier molecular flexibility index (Phi) is 3.70. The van der Waals surface area contributed by atoms with Crippen molar-refractivity contribution in [2.45, 2.75) is 0 Å². The van der Waals surface area contributed by atoms with E-state index in [-0.39, 0.29) is 5.91 Å². The largest absolute Gasteiger partial charge is 0.409 e. The molecule has 1 aromatic carbocycles. The molecule has 1 amide bonds. The first-order valence-electron chi connectivity index (χ1n) is 5.84. The highest BCUT2D eigenvalue weighted by atomic mass is 35.5. The minimum Gasteiger partial charge on any atom is -0.409 e. The molecule has 0 spiro atoms. The van der Waals surface area contributed by atoms with Gasteiger partial charge in [-0.15, -0.1) is 11.3 Å². The Morgan fingerprint density at radius 3 is 3.10 bits per heavy atom. The first kappa shape index (κ1) is 13.7. The second-order valence-corrected chi connectivity index (χ2v) is 5.45. The molecule has 3 N–H and O–H groups in total. The number of aromatic nitrogens is 2. The van der Waals surface area contributed by atoms with Gasteiger partial charge < -0.3 is 10.2 Å². The summed E-state index contributed by atoms with van der Waals surface area (Å²) in [6, 6.07) is 4.75. The van der Waals surface area contributed by atoms with Crippen LogP contribution >= 0.6 is 22.9 Å². The molecule has 0 aliphatic rings. The molecule has 21 heavy (non-hydrogen) atoms. The third-order valence-electron chi connectivity index (χ3n) is 2.80. The predicted octanol–water partition coefficient (Wildman–Crippen LogP) is 2.85. The number of benzene rings is 1. The van der Waals surface area contributed by atoms with Crippen LogP contribution in [0.3, 0.4) is 0 Å². The Hall–Kier alpha value is -2.22. The molecule has 0 unspecified atom stereocenters. The Labute approximate surface area is 128 Å². The van der Waals surface area contributed by atoms with Crippen molar-refractivity contribution in [2.24, 2.45) is 5.90 Å². The Balaban J connectivity index is 1.95. The quantitative estimate of drug-likeness (QED) is 0.724. The Morgan fingerprint density at radius 1 is 1.43 bits per heavy atom. The molecule has 0 aliphatic heterocycles. The maximum absolute atomic E-state index is 12.4. The number of hydrogen-bond acceptors (Lipinski definition) is 6. The molecule has 8 heteroatoms. The summed E-state index contributed by atoms with van der Waals surface area (Å²) in [7, 11) is 0. The fourth-order valence-corrected chi connectivity index (χ4v) is 2.87. The van der Waals surface area contributed by atoms with Gasteiger partial charge in [0.2, 0.25) is 0 Å². The molecule has 0 atom stereocenters.